The molecule has 6 heteroatoms. The monoisotopic (exact) mass is 330 g/mol. The first-order chi connectivity index (χ1) is 9.91. The molecule has 0 bridgehead atoms. The Labute approximate surface area is 133 Å². The van der Waals surface area contributed by atoms with Gasteiger partial charge in [0.15, 0.2) is 0 Å². The molecule has 2 aromatic rings. The lowest BCUT2D eigenvalue weighted by atomic mass is 9.99. The van der Waals surface area contributed by atoms with Crippen molar-refractivity contribution < 1.29 is 13.2 Å². The molecule has 0 unspecified atom stereocenters. The first-order valence-electron chi connectivity index (χ1n) is 6.65. The number of benzene rings is 2. The smallest absolute Gasteiger partial charge is 0.330 e. The van der Waals surface area contributed by atoms with Crippen LogP contribution in [0, 0.1) is 0 Å². The molecule has 4 N–H and O–H groups in total. The maximum atomic E-state index is 12.5. The highest BCUT2D eigenvalue weighted by molar-refractivity contribution is 5.85. The topological polar surface area (TPSA) is 52.0 Å². The third-order valence-corrected chi connectivity index (χ3v) is 3.36. The molecule has 0 saturated carbocycles. The molecule has 0 aliphatic carbocycles. The lowest BCUT2D eigenvalue weighted by molar-refractivity contribution is -0.137. The first-order valence-corrected chi connectivity index (χ1v) is 6.65. The first kappa shape index (κ1) is 18.5. The summed E-state index contributed by atoms with van der Waals surface area (Å²) >= 11 is 0. The third kappa shape index (κ3) is 4.47. The predicted octanol–water partition coefficient (Wildman–Crippen LogP) is 4.14. The molecular weight excluding hydrogens is 313 g/mol. The van der Waals surface area contributed by atoms with Crippen LogP contribution in [0.4, 0.5) is 13.2 Å². The maximum Gasteiger partial charge on any atom is 0.416 e. The minimum absolute atomic E-state index is 0. The van der Waals surface area contributed by atoms with Crippen molar-refractivity contribution in [3.05, 3.63) is 59.7 Å². The molecule has 0 saturated heterocycles. The van der Waals surface area contributed by atoms with Gasteiger partial charge in [-0.1, -0.05) is 36.4 Å². The summed E-state index contributed by atoms with van der Waals surface area (Å²) in [6.07, 6.45) is -3.61. The maximum absolute atomic E-state index is 12.5. The SMILES string of the molecule is Cl.NCC[C@H](N)c1ccc(-c2ccc(C(F)(F)F)cc2)cc1. The second-order valence-corrected chi connectivity index (χ2v) is 4.88. The van der Waals surface area contributed by atoms with E-state index in [-0.39, 0.29) is 18.4 Å². The second kappa shape index (κ2) is 7.63. The highest BCUT2D eigenvalue weighted by Crippen LogP contribution is 2.31. The van der Waals surface area contributed by atoms with E-state index in [0.29, 0.717) is 13.0 Å². The van der Waals surface area contributed by atoms with Gasteiger partial charge in [0.05, 0.1) is 5.56 Å². The van der Waals surface area contributed by atoms with Crippen molar-refractivity contribution in [2.75, 3.05) is 6.54 Å². The average Bonchev–Trinajstić information content (AvgIpc) is 2.47. The van der Waals surface area contributed by atoms with Crippen molar-refractivity contribution in [2.24, 2.45) is 11.5 Å². The van der Waals surface area contributed by atoms with Gasteiger partial charge in [0.25, 0.3) is 0 Å². The molecule has 2 rings (SSSR count). The van der Waals surface area contributed by atoms with E-state index in [1.54, 1.807) is 0 Å². The Balaban J connectivity index is 0.00000242. The van der Waals surface area contributed by atoms with Gasteiger partial charge >= 0.3 is 6.18 Å². The number of nitrogens with two attached hydrogens (primary N) is 2. The van der Waals surface area contributed by atoms with Crippen LogP contribution in [-0.4, -0.2) is 6.54 Å². The molecule has 2 aromatic carbocycles. The fourth-order valence-electron chi connectivity index (χ4n) is 2.12. The van der Waals surface area contributed by atoms with E-state index in [4.69, 9.17) is 11.5 Å². The van der Waals surface area contributed by atoms with Gasteiger partial charge < -0.3 is 11.5 Å². The van der Waals surface area contributed by atoms with Crippen molar-refractivity contribution in [1.82, 2.24) is 0 Å². The molecular formula is C16H18ClF3N2. The molecule has 0 radical (unpaired) electrons. The van der Waals surface area contributed by atoms with Gasteiger partial charge in [-0.15, -0.1) is 12.4 Å². The quantitative estimate of drug-likeness (QED) is 0.885. The van der Waals surface area contributed by atoms with Crippen molar-refractivity contribution in [3.8, 4) is 11.1 Å². The Hall–Kier alpha value is -1.56. The molecule has 0 aromatic heterocycles. The van der Waals surface area contributed by atoms with Crippen LogP contribution < -0.4 is 11.5 Å². The van der Waals surface area contributed by atoms with Crippen LogP contribution in [0.3, 0.4) is 0 Å². The fourth-order valence-corrected chi connectivity index (χ4v) is 2.12. The summed E-state index contributed by atoms with van der Waals surface area (Å²) < 4.78 is 37.5. The summed E-state index contributed by atoms with van der Waals surface area (Å²) in [5.41, 5.74) is 13.3. The zero-order valence-electron chi connectivity index (χ0n) is 11.8. The van der Waals surface area contributed by atoms with E-state index >= 15 is 0 Å². The fraction of sp³-hybridized carbons (Fsp3) is 0.250. The van der Waals surface area contributed by atoms with Crippen molar-refractivity contribution in [2.45, 2.75) is 18.6 Å². The predicted molar refractivity (Wildman–Crippen MR) is 84.7 cm³/mol. The summed E-state index contributed by atoms with van der Waals surface area (Å²) in [4.78, 5) is 0. The van der Waals surface area contributed by atoms with Gasteiger partial charge in [0.2, 0.25) is 0 Å². The minimum atomic E-state index is -4.31. The molecule has 0 heterocycles. The molecule has 2 nitrogen and oxygen atoms in total. The van der Waals surface area contributed by atoms with Gasteiger partial charge in [-0.05, 0) is 41.8 Å². The molecule has 0 amide bonds. The molecule has 1 atom stereocenters. The number of rotatable bonds is 4. The van der Waals surface area contributed by atoms with Crippen molar-refractivity contribution in [3.63, 3.8) is 0 Å². The number of halogens is 4. The summed E-state index contributed by atoms with van der Waals surface area (Å²) in [6, 6.07) is 12.5. The van der Waals surface area contributed by atoms with E-state index in [2.05, 4.69) is 0 Å². The molecule has 22 heavy (non-hydrogen) atoms. The van der Waals surface area contributed by atoms with Gasteiger partial charge in [-0.25, -0.2) is 0 Å². The Morgan fingerprint density at radius 2 is 1.32 bits per heavy atom. The molecule has 0 spiro atoms. The van der Waals surface area contributed by atoms with Gasteiger partial charge in [-0.2, -0.15) is 13.2 Å². The van der Waals surface area contributed by atoms with E-state index in [1.807, 2.05) is 24.3 Å². The standard InChI is InChI=1S/C16H17F3N2.ClH/c17-16(18,19)14-7-5-12(6-8-14)11-1-3-13(4-2-11)15(21)9-10-20;/h1-8,15H,9-10,20-21H2;1H/t15-;/m0./s1. The lowest BCUT2D eigenvalue weighted by Gasteiger charge is -2.12. The number of alkyl halides is 3. The average molecular weight is 331 g/mol. The summed E-state index contributed by atoms with van der Waals surface area (Å²) in [6.45, 7) is 0.516. The van der Waals surface area contributed by atoms with E-state index in [9.17, 15) is 13.2 Å². The Bertz CT molecular complexity index is 580. The van der Waals surface area contributed by atoms with Crippen LogP contribution in [-0.2, 0) is 6.18 Å². The van der Waals surface area contributed by atoms with Gasteiger partial charge in [-0.3, -0.25) is 0 Å². The zero-order chi connectivity index (χ0) is 15.5. The minimum Gasteiger partial charge on any atom is -0.330 e. The van der Waals surface area contributed by atoms with Crippen LogP contribution in [0.25, 0.3) is 11.1 Å². The number of hydrogen-bond acceptors (Lipinski definition) is 2. The Morgan fingerprint density at radius 1 is 0.864 bits per heavy atom. The highest BCUT2D eigenvalue weighted by Gasteiger charge is 2.29. The molecule has 0 aliphatic heterocycles. The van der Waals surface area contributed by atoms with Crippen LogP contribution >= 0.6 is 12.4 Å². The summed E-state index contributed by atoms with van der Waals surface area (Å²) in [5.74, 6) is 0. The van der Waals surface area contributed by atoms with E-state index < -0.39 is 11.7 Å². The van der Waals surface area contributed by atoms with E-state index in [0.717, 1.165) is 28.8 Å². The molecule has 0 fully saturated rings. The highest BCUT2D eigenvalue weighted by atomic mass is 35.5. The number of hydrogen-bond donors (Lipinski definition) is 2. The normalized spacial score (nSPS) is 12.6. The summed E-state index contributed by atoms with van der Waals surface area (Å²) in [7, 11) is 0. The van der Waals surface area contributed by atoms with Crippen LogP contribution in [0.15, 0.2) is 48.5 Å². The second-order valence-electron chi connectivity index (χ2n) is 4.88. The molecule has 120 valence electrons. The van der Waals surface area contributed by atoms with Crippen LogP contribution in [0.2, 0.25) is 0 Å². The van der Waals surface area contributed by atoms with Crippen LogP contribution in [0.5, 0.6) is 0 Å². The van der Waals surface area contributed by atoms with Crippen LogP contribution in [0.1, 0.15) is 23.6 Å². The summed E-state index contributed by atoms with van der Waals surface area (Å²) in [5, 5.41) is 0. The Morgan fingerprint density at radius 3 is 1.73 bits per heavy atom. The van der Waals surface area contributed by atoms with Gasteiger partial charge in [0, 0.05) is 6.04 Å². The lowest BCUT2D eigenvalue weighted by Crippen LogP contribution is -2.15. The molecule has 0 aliphatic rings. The third-order valence-electron chi connectivity index (χ3n) is 3.36. The van der Waals surface area contributed by atoms with Crippen molar-refractivity contribution >= 4 is 12.4 Å². The van der Waals surface area contributed by atoms with Crippen molar-refractivity contribution in [1.29, 1.82) is 0 Å². The largest absolute Gasteiger partial charge is 0.416 e. The van der Waals surface area contributed by atoms with Gasteiger partial charge in [0.1, 0.15) is 0 Å². The zero-order valence-corrected chi connectivity index (χ0v) is 12.6. The van der Waals surface area contributed by atoms with E-state index in [1.165, 1.54) is 12.1 Å². The Kier molecular flexibility index (Phi) is 6.41.